The summed E-state index contributed by atoms with van der Waals surface area (Å²) in [5.41, 5.74) is -0.493. The van der Waals surface area contributed by atoms with Crippen molar-refractivity contribution in [2.45, 2.75) is 52.7 Å². The Morgan fingerprint density at radius 1 is 1.44 bits per heavy atom. The second-order valence-corrected chi connectivity index (χ2v) is 6.26. The Bertz CT molecular complexity index is 373. The lowest BCUT2D eigenvalue weighted by atomic mass is 10.0. The van der Waals surface area contributed by atoms with Gasteiger partial charge in [0.1, 0.15) is 11.6 Å². The molecule has 1 aromatic heterocycles. The number of esters is 1. The molecule has 0 aromatic carbocycles. The molecule has 0 unspecified atom stereocenters. The molecule has 1 heterocycles. The van der Waals surface area contributed by atoms with E-state index in [1.165, 1.54) is 0 Å². The summed E-state index contributed by atoms with van der Waals surface area (Å²) < 4.78 is 9.04. The second kappa shape index (κ2) is 6.08. The summed E-state index contributed by atoms with van der Waals surface area (Å²) in [4.78, 5) is 12.1. The van der Waals surface area contributed by atoms with E-state index in [4.69, 9.17) is 4.74 Å². The molecule has 0 saturated heterocycles. The highest BCUT2D eigenvalue weighted by Gasteiger charge is 2.26. The maximum atomic E-state index is 12.1. The fourth-order valence-electron chi connectivity index (χ4n) is 1.40. The van der Waals surface area contributed by atoms with Gasteiger partial charge in [-0.15, -0.1) is 0 Å². The van der Waals surface area contributed by atoms with E-state index in [1.807, 2.05) is 20.8 Å². The van der Waals surface area contributed by atoms with E-state index in [-0.39, 0.29) is 5.97 Å². The Balaban J connectivity index is 2.68. The third-order valence-corrected chi connectivity index (χ3v) is 2.52. The first-order valence-corrected chi connectivity index (χ1v) is 6.69. The van der Waals surface area contributed by atoms with Crippen LogP contribution in [0.25, 0.3) is 0 Å². The van der Waals surface area contributed by atoms with Crippen molar-refractivity contribution < 1.29 is 9.53 Å². The van der Waals surface area contributed by atoms with Crippen LogP contribution in [0, 0.1) is 5.92 Å². The Morgan fingerprint density at radius 2 is 2.11 bits per heavy atom. The first-order chi connectivity index (χ1) is 8.28. The number of aromatic nitrogens is 3. The van der Waals surface area contributed by atoms with Gasteiger partial charge in [0.05, 0.1) is 0 Å². The number of nitrogens with one attached hydrogen (secondary N) is 1. The highest BCUT2D eigenvalue weighted by molar-refractivity contribution is 7.09. The molecule has 0 spiro atoms. The van der Waals surface area contributed by atoms with Crippen LogP contribution in [0.3, 0.4) is 0 Å². The van der Waals surface area contributed by atoms with Gasteiger partial charge in [0.15, 0.2) is 0 Å². The first-order valence-electron chi connectivity index (χ1n) is 5.92. The molecule has 6 nitrogen and oxygen atoms in total. The predicted molar refractivity (Wildman–Crippen MR) is 70.4 cm³/mol. The zero-order chi connectivity index (χ0) is 13.8. The van der Waals surface area contributed by atoms with Crippen molar-refractivity contribution >= 4 is 22.6 Å². The summed E-state index contributed by atoms with van der Waals surface area (Å²) in [6.45, 7) is 9.66. The molecule has 0 radical (unpaired) electrons. The summed E-state index contributed by atoms with van der Waals surface area (Å²) >= 11 is 1.12. The number of ether oxygens (including phenoxy) is 1. The Kier molecular flexibility index (Phi) is 5.01. The summed E-state index contributed by atoms with van der Waals surface area (Å²) in [6.07, 6.45) is 0.675. The predicted octanol–water partition coefficient (Wildman–Crippen LogP) is 2.10. The molecular weight excluding hydrogens is 252 g/mol. The smallest absolute Gasteiger partial charge is 0.329 e. The van der Waals surface area contributed by atoms with Crippen LogP contribution >= 0.6 is 11.5 Å². The minimum Gasteiger partial charge on any atom is -0.458 e. The van der Waals surface area contributed by atoms with Crippen LogP contribution in [0.4, 0.5) is 5.13 Å². The summed E-state index contributed by atoms with van der Waals surface area (Å²) in [6, 6.07) is -0.418. The minimum atomic E-state index is -0.493. The molecule has 0 amide bonds. The molecule has 0 aliphatic carbocycles. The summed E-state index contributed by atoms with van der Waals surface area (Å²) in [5, 5.41) is 10.8. The number of rotatable bonds is 5. The number of anilines is 1. The van der Waals surface area contributed by atoms with E-state index in [1.54, 1.807) is 0 Å². The van der Waals surface area contributed by atoms with Gasteiger partial charge in [0.2, 0.25) is 5.13 Å². The van der Waals surface area contributed by atoms with Crippen molar-refractivity contribution in [2.75, 3.05) is 5.32 Å². The number of nitrogens with zero attached hydrogens (tertiary/aromatic N) is 3. The van der Waals surface area contributed by atoms with E-state index in [2.05, 4.69) is 34.0 Å². The van der Waals surface area contributed by atoms with Gasteiger partial charge in [-0.25, -0.2) is 4.79 Å². The quantitative estimate of drug-likeness (QED) is 0.827. The lowest BCUT2D eigenvalue weighted by molar-refractivity contribution is -0.156. The van der Waals surface area contributed by atoms with Crippen LogP contribution in [0.5, 0.6) is 0 Å². The summed E-state index contributed by atoms with van der Waals surface area (Å²) in [5.74, 6) is 0.0994. The molecule has 18 heavy (non-hydrogen) atoms. The fourth-order valence-corrected chi connectivity index (χ4v) is 1.82. The normalized spacial score (nSPS) is 13.4. The molecule has 0 aliphatic rings. The fraction of sp³-hybridized carbons (Fsp3) is 0.818. The Morgan fingerprint density at radius 3 is 2.56 bits per heavy atom. The van der Waals surface area contributed by atoms with Crippen LogP contribution in [0.2, 0.25) is 0 Å². The third-order valence-electron chi connectivity index (χ3n) is 2.00. The zero-order valence-corrected chi connectivity index (χ0v) is 12.2. The van der Waals surface area contributed by atoms with Crippen molar-refractivity contribution in [1.29, 1.82) is 0 Å². The van der Waals surface area contributed by atoms with Crippen molar-refractivity contribution in [3.63, 3.8) is 0 Å². The standard InChI is InChI=1S/C11H20N4O2S/c1-7(2)6-8(9(16)17-11(3,4)5)12-10-13-14-15-18-10/h7-8H,6H2,1-5H3,(H,12,13,15)/t8-/m0/s1. The highest BCUT2D eigenvalue weighted by atomic mass is 32.1. The molecule has 7 heteroatoms. The number of carbonyl (C=O) groups is 1. The van der Waals surface area contributed by atoms with Crippen molar-refractivity contribution in [3.05, 3.63) is 0 Å². The molecule has 0 bridgehead atoms. The molecule has 1 rings (SSSR count). The molecule has 1 N–H and O–H groups in total. The van der Waals surface area contributed by atoms with Gasteiger partial charge in [-0.05, 0) is 38.3 Å². The maximum absolute atomic E-state index is 12.1. The number of hydrogen-bond acceptors (Lipinski definition) is 7. The highest BCUT2D eigenvalue weighted by Crippen LogP contribution is 2.17. The molecule has 0 fully saturated rings. The van der Waals surface area contributed by atoms with Gasteiger partial charge in [0.25, 0.3) is 0 Å². The van der Waals surface area contributed by atoms with Gasteiger partial charge in [-0.2, -0.15) is 0 Å². The Hall–Kier alpha value is -1.24. The maximum Gasteiger partial charge on any atom is 0.329 e. The van der Waals surface area contributed by atoms with Gasteiger partial charge >= 0.3 is 5.97 Å². The van der Waals surface area contributed by atoms with Gasteiger partial charge in [-0.3, -0.25) is 0 Å². The zero-order valence-electron chi connectivity index (χ0n) is 11.4. The van der Waals surface area contributed by atoms with Gasteiger partial charge in [0, 0.05) is 11.5 Å². The third kappa shape index (κ3) is 5.39. The van der Waals surface area contributed by atoms with E-state index in [9.17, 15) is 4.79 Å². The Labute approximate surface area is 111 Å². The van der Waals surface area contributed by atoms with Crippen molar-refractivity contribution in [2.24, 2.45) is 5.92 Å². The minimum absolute atomic E-state index is 0.272. The van der Waals surface area contributed by atoms with Crippen LogP contribution in [-0.4, -0.2) is 32.4 Å². The molecule has 0 aliphatic heterocycles. The van der Waals surface area contributed by atoms with Crippen LogP contribution in [-0.2, 0) is 9.53 Å². The molecule has 102 valence electrons. The van der Waals surface area contributed by atoms with E-state index < -0.39 is 11.6 Å². The van der Waals surface area contributed by atoms with Crippen LogP contribution < -0.4 is 5.32 Å². The van der Waals surface area contributed by atoms with Crippen molar-refractivity contribution in [1.82, 2.24) is 14.8 Å². The summed E-state index contributed by atoms with van der Waals surface area (Å²) in [7, 11) is 0. The largest absolute Gasteiger partial charge is 0.458 e. The molecule has 0 saturated carbocycles. The van der Waals surface area contributed by atoms with Crippen LogP contribution in [0.15, 0.2) is 0 Å². The van der Waals surface area contributed by atoms with E-state index >= 15 is 0 Å². The first kappa shape index (κ1) is 14.8. The molecule has 1 atom stereocenters. The van der Waals surface area contributed by atoms with Crippen molar-refractivity contribution in [3.8, 4) is 0 Å². The monoisotopic (exact) mass is 272 g/mol. The van der Waals surface area contributed by atoms with Gasteiger partial charge < -0.3 is 10.1 Å². The molecular formula is C11H20N4O2S. The second-order valence-electron chi connectivity index (χ2n) is 5.53. The van der Waals surface area contributed by atoms with E-state index in [0.717, 1.165) is 11.5 Å². The van der Waals surface area contributed by atoms with Gasteiger partial charge in [-0.1, -0.05) is 23.4 Å². The molecule has 1 aromatic rings. The van der Waals surface area contributed by atoms with E-state index in [0.29, 0.717) is 17.5 Å². The SMILES string of the molecule is CC(C)C[C@H](Nc1nnns1)C(=O)OC(C)(C)C. The lowest BCUT2D eigenvalue weighted by Crippen LogP contribution is -2.37. The van der Waals surface area contributed by atoms with Crippen LogP contribution in [0.1, 0.15) is 41.0 Å². The number of carbonyl (C=O) groups excluding carboxylic acids is 1. The topological polar surface area (TPSA) is 77.0 Å². The number of hydrogen-bond donors (Lipinski definition) is 1. The average molecular weight is 272 g/mol. The average Bonchev–Trinajstić information content (AvgIpc) is 2.65. The lowest BCUT2D eigenvalue weighted by Gasteiger charge is -2.25.